The third kappa shape index (κ3) is 3.56. The number of aliphatic carboxylic acids is 1. The molecule has 0 aromatic carbocycles. The van der Waals surface area contributed by atoms with E-state index in [1.807, 2.05) is 6.92 Å². The van der Waals surface area contributed by atoms with Crippen molar-refractivity contribution < 1.29 is 19.4 Å². The summed E-state index contributed by atoms with van der Waals surface area (Å²) in [5.41, 5.74) is 0.570. The van der Waals surface area contributed by atoms with Crippen molar-refractivity contribution in [3.8, 4) is 0 Å². The van der Waals surface area contributed by atoms with Crippen molar-refractivity contribution in [3.05, 3.63) is 11.8 Å². The molecule has 0 unspecified atom stereocenters. The molecule has 1 rings (SSSR count). The van der Waals surface area contributed by atoms with Gasteiger partial charge in [-0.1, -0.05) is 6.92 Å². The summed E-state index contributed by atoms with van der Waals surface area (Å²) in [4.78, 5) is 23.9. The van der Waals surface area contributed by atoms with E-state index in [0.717, 1.165) is 12.8 Å². The predicted octanol–water partition coefficient (Wildman–Crippen LogP) is 1.00. The van der Waals surface area contributed by atoms with Crippen LogP contribution in [0.25, 0.3) is 0 Å². The molecule has 1 heterocycles. The first-order valence-corrected chi connectivity index (χ1v) is 5.47. The van der Waals surface area contributed by atoms with Crippen molar-refractivity contribution in [2.75, 3.05) is 19.7 Å². The molecule has 0 aliphatic carbocycles. The monoisotopic (exact) mass is 227 g/mol. The van der Waals surface area contributed by atoms with Crippen LogP contribution in [0.5, 0.6) is 0 Å². The van der Waals surface area contributed by atoms with Crippen molar-refractivity contribution in [2.45, 2.75) is 26.2 Å². The Morgan fingerprint density at radius 1 is 1.56 bits per heavy atom. The van der Waals surface area contributed by atoms with E-state index in [2.05, 4.69) is 0 Å². The third-order valence-corrected chi connectivity index (χ3v) is 2.32. The highest BCUT2D eigenvalue weighted by atomic mass is 16.5. The van der Waals surface area contributed by atoms with Gasteiger partial charge in [0.1, 0.15) is 6.54 Å². The zero-order valence-corrected chi connectivity index (χ0v) is 9.44. The summed E-state index contributed by atoms with van der Waals surface area (Å²) in [5, 5.41) is 8.71. The first-order valence-electron chi connectivity index (χ1n) is 5.47. The summed E-state index contributed by atoms with van der Waals surface area (Å²) >= 11 is 0. The summed E-state index contributed by atoms with van der Waals surface area (Å²) in [7, 11) is 0. The number of carbonyl (C=O) groups excluding carboxylic acids is 1. The van der Waals surface area contributed by atoms with Crippen LogP contribution in [0.4, 0.5) is 0 Å². The molecule has 0 aromatic rings. The second-order valence-corrected chi connectivity index (χ2v) is 3.74. The number of carboxylic acids is 1. The van der Waals surface area contributed by atoms with Gasteiger partial charge in [0.15, 0.2) is 0 Å². The van der Waals surface area contributed by atoms with Crippen LogP contribution in [-0.4, -0.2) is 41.6 Å². The average molecular weight is 227 g/mol. The lowest BCUT2D eigenvalue weighted by atomic mass is 10.1. The molecule has 0 saturated heterocycles. The minimum atomic E-state index is -0.987. The number of rotatable bonds is 5. The Labute approximate surface area is 94.7 Å². The van der Waals surface area contributed by atoms with E-state index >= 15 is 0 Å². The summed E-state index contributed by atoms with van der Waals surface area (Å²) in [6.07, 6.45) is 3.67. The van der Waals surface area contributed by atoms with Gasteiger partial charge in [-0.3, -0.25) is 9.59 Å². The second-order valence-electron chi connectivity index (χ2n) is 3.74. The SMILES string of the molecule is CCCN(CC(=O)O)C(=O)C1=COCCC1. The number of hydrogen-bond acceptors (Lipinski definition) is 3. The fourth-order valence-electron chi connectivity index (χ4n) is 1.61. The minimum absolute atomic E-state index is 0.219. The highest BCUT2D eigenvalue weighted by Gasteiger charge is 2.21. The molecule has 5 nitrogen and oxygen atoms in total. The van der Waals surface area contributed by atoms with Crippen molar-refractivity contribution in [1.82, 2.24) is 4.90 Å². The number of ether oxygens (including phenoxy) is 1. The molecular weight excluding hydrogens is 210 g/mol. The Morgan fingerprint density at radius 2 is 2.31 bits per heavy atom. The van der Waals surface area contributed by atoms with Gasteiger partial charge < -0.3 is 14.7 Å². The van der Waals surface area contributed by atoms with Crippen molar-refractivity contribution in [1.29, 1.82) is 0 Å². The maximum absolute atomic E-state index is 11.9. The molecule has 0 atom stereocenters. The molecule has 1 aliphatic rings. The van der Waals surface area contributed by atoms with Gasteiger partial charge in [0.25, 0.3) is 5.91 Å². The second kappa shape index (κ2) is 6.15. The first-order chi connectivity index (χ1) is 7.65. The molecule has 90 valence electrons. The Bertz CT molecular complexity index is 298. The van der Waals surface area contributed by atoms with Gasteiger partial charge in [0.2, 0.25) is 0 Å². The van der Waals surface area contributed by atoms with Crippen molar-refractivity contribution >= 4 is 11.9 Å². The third-order valence-electron chi connectivity index (χ3n) is 2.32. The molecule has 1 N–H and O–H groups in total. The topological polar surface area (TPSA) is 66.8 Å². The van der Waals surface area contributed by atoms with Crippen LogP contribution in [0.1, 0.15) is 26.2 Å². The molecule has 0 saturated carbocycles. The van der Waals surface area contributed by atoms with Gasteiger partial charge in [-0.2, -0.15) is 0 Å². The lowest BCUT2D eigenvalue weighted by molar-refractivity contribution is -0.143. The van der Waals surface area contributed by atoms with Crippen LogP contribution in [0.15, 0.2) is 11.8 Å². The maximum Gasteiger partial charge on any atom is 0.323 e. The fourth-order valence-corrected chi connectivity index (χ4v) is 1.61. The summed E-state index contributed by atoms with van der Waals surface area (Å²) in [6.45, 7) is 2.75. The van der Waals surface area contributed by atoms with Crippen molar-refractivity contribution in [3.63, 3.8) is 0 Å². The van der Waals surface area contributed by atoms with E-state index in [1.165, 1.54) is 11.2 Å². The van der Waals surface area contributed by atoms with Gasteiger partial charge in [0, 0.05) is 6.54 Å². The molecule has 16 heavy (non-hydrogen) atoms. The molecular formula is C11H17NO4. The van der Waals surface area contributed by atoms with Gasteiger partial charge in [0.05, 0.1) is 18.4 Å². The highest BCUT2D eigenvalue weighted by molar-refractivity contribution is 5.95. The normalized spacial score (nSPS) is 14.9. The van der Waals surface area contributed by atoms with Crippen LogP contribution < -0.4 is 0 Å². The predicted molar refractivity (Wildman–Crippen MR) is 57.8 cm³/mol. The maximum atomic E-state index is 11.9. The van der Waals surface area contributed by atoms with Crippen LogP contribution in [0.2, 0.25) is 0 Å². The quantitative estimate of drug-likeness (QED) is 0.761. The number of hydrogen-bond donors (Lipinski definition) is 1. The van der Waals surface area contributed by atoms with E-state index < -0.39 is 5.97 Å². The fraction of sp³-hybridized carbons (Fsp3) is 0.636. The average Bonchev–Trinajstić information content (AvgIpc) is 2.28. The number of nitrogens with zero attached hydrogens (tertiary/aromatic N) is 1. The molecule has 0 bridgehead atoms. The van der Waals surface area contributed by atoms with E-state index in [1.54, 1.807) is 0 Å². The van der Waals surface area contributed by atoms with Crippen molar-refractivity contribution in [2.24, 2.45) is 0 Å². The van der Waals surface area contributed by atoms with E-state index in [0.29, 0.717) is 25.1 Å². The van der Waals surface area contributed by atoms with Crippen LogP contribution >= 0.6 is 0 Å². The Hall–Kier alpha value is -1.52. The zero-order chi connectivity index (χ0) is 12.0. The summed E-state index contributed by atoms with van der Waals surface area (Å²) in [6, 6.07) is 0. The van der Waals surface area contributed by atoms with Gasteiger partial charge >= 0.3 is 5.97 Å². The molecule has 0 spiro atoms. The molecule has 0 aromatic heterocycles. The Morgan fingerprint density at radius 3 is 2.81 bits per heavy atom. The van der Waals surface area contributed by atoms with Crippen LogP contribution in [-0.2, 0) is 14.3 Å². The van der Waals surface area contributed by atoms with Crippen LogP contribution in [0.3, 0.4) is 0 Å². The van der Waals surface area contributed by atoms with Gasteiger partial charge in [-0.25, -0.2) is 0 Å². The molecule has 5 heteroatoms. The molecule has 0 fully saturated rings. The minimum Gasteiger partial charge on any atom is -0.501 e. The smallest absolute Gasteiger partial charge is 0.323 e. The number of carboxylic acid groups (broad SMARTS) is 1. The number of amides is 1. The summed E-state index contributed by atoms with van der Waals surface area (Å²) in [5.74, 6) is -1.21. The lowest BCUT2D eigenvalue weighted by Crippen LogP contribution is -2.37. The largest absolute Gasteiger partial charge is 0.501 e. The van der Waals surface area contributed by atoms with E-state index in [9.17, 15) is 9.59 Å². The molecule has 0 radical (unpaired) electrons. The zero-order valence-electron chi connectivity index (χ0n) is 9.44. The summed E-state index contributed by atoms with van der Waals surface area (Å²) < 4.78 is 5.08. The van der Waals surface area contributed by atoms with Gasteiger partial charge in [-0.15, -0.1) is 0 Å². The van der Waals surface area contributed by atoms with Crippen LogP contribution in [0, 0.1) is 0 Å². The van der Waals surface area contributed by atoms with E-state index in [-0.39, 0.29) is 12.5 Å². The standard InChI is InChI=1S/C11H17NO4/c1-2-5-12(7-10(13)14)11(15)9-4-3-6-16-8-9/h8H,2-7H2,1H3,(H,13,14). The van der Waals surface area contributed by atoms with Gasteiger partial charge in [-0.05, 0) is 19.3 Å². The Balaban J connectivity index is 2.65. The lowest BCUT2D eigenvalue weighted by Gasteiger charge is -2.22. The highest BCUT2D eigenvalue weighted by Crippen LogP contribution is 2.14. The Kier molecular flexibility index (Phi) is 4.82. The molecule has 1 aliphatic heterocycles. The first kappa shape index (κ1) is 12.5. The van der Waals surface area contributed by atoms with E-state index in [4.69, 9.17) is 9.84 Å². The number of carbonyl (C=O) groups is 2. The molecule has 1 amide bonds.